The number of morpholine rings is 1. The zero-order valence-electron chi connectivity index (χ0n) is 15.6. The van der Waals surface area contributed by atoms with Crippen LogP contribution in [0.2, 0.25) is 0 Å². The van der Waals surface area contributed by atoms with E-state index in [0.717, 1.165) is 12.0 Å². The van der Waals surface area contributed by atoms with Crippen LogP contribution in [0.5, 0.6) is 5.75 Å². The van der Waals surface area contributed by atoms with Crippen molar-refractivity contribution in [2.75, 3.05) is 32.0 Å². The van der Waals surface area contributed by atoms with Crippen molar-refractivity contribution < 1.29 is 22.7 Å². The monoisotopic (exact) mass is 384 g/mol. The van der Waals surface area contributed by atoms with Crippen molar-refractivity contribution >= 4 is 15.9 Å². The van der Waals surface area contributed by atoms with Crippen LogP contribution in [0.4, 0.5) is 0 Å². The van der Waals surface area contributed by atoms with E-state index in [1.54, 1.807) is 0 Å². The van der Waals surface area contributed by atoms with Crippen molar-refractivity contribution in [1.29, 1.82) is 0 Å². The number of sulfonamides is 1. The van der Waals surface area contributed by atoms with Crippen LogP contribution >= 0.6 is 0 Å². The van der Waals surface area contributed by atoms with E-state index >= 15 is 0 Å². The van der Waals surface area contributed by atoms with Gasteiger partial charge in [-0.05, 0) is 31.9 Å². The maximum atomic E-state index is 12.4. The van der Waals surface area contributed by atoms with Gasteiger partial charge in [0.2, 0.25) is 10.0 Å². The summed E-state index contributed by atoms with van der Waals surface area (Å²) in [6, 6.07) is 7.54. The molecule has 0 aliphatic carbocycles. The zero-order chi connectivity index (χ0) is 19.2. The van der Waals surface area contributed by atoms with Gasteiger partial charge in [-0.1, -0.05) is 25.1 Å². The van der Waals surface area contributed by atoms with Gasteiger partial charge >= 0.3 is 0 Å². The smallest absolute Gasteiger partial charge is 0.257 e. The Morgan fingerprint density at radius 2 is 1.92 bits per heavy atom. The summed E-state index contributed by atoms with van der Waals surface area (Å²) in [5.74, 6) is 0.202. The van der Waals surface area contributed by atoms with Crippen LogP contribution < -0.4 is 10.1 Å². The van der Waals surface area contributed by atoms with Crippen LogP contribution in [0.1, 0.15) is 26.3 Å². The second-order valence-corrected chi connectivity index (χ2v) is 8.58. The molecule has 8 heteroatoms. The SMILES string of the molecule is CCc1ccccc1OCC(=O)NCCS(=O)(=O)N1CC(C)OC(C)C1. The number of ether oxygens (including phenoxy) is 2. The van der Waals surface area contributed by atoms with Gasteiger partial charge in [0.05, 0.1) is 18.0 Å². The van der Waals surface area contributed by atoms with E-state index in [-0.39, 0.29) is 37.0 Å². The number of carbonyl (C=O) groups excluding carboxylic acids is 1. The Kier molecular flexibility index (Phi) is 7.43. The van der Waals surface area contributed by atoms with Gasteiger partial charge in [0.15, 0.2) is 6.61 Å². The number of amides is 1. The number of aryl methyl sites for hydroxylation is 1. The fourth-order valence-corrected chi connectivity index (χ4v) is 4.43. The Labute approximate surface area is 155 Å². The van der Waals surface area contributed by atoms with Gasteiger partial charge in [0.1, 0.15) is 5.75 Å². The summed E-state index contributed by atoms with van der Waals surface area (Å²) in [4.78, 5) is 11.9. The Morgan fingerprint density at radius 1 is 1.27 bits per heavy atom. The maximum Gasteiger partial charge on any atom is 0.257 e. The molecule has 2 rings (SSSR count). The van der Waals surface area contributed by atoms with Gasteiger partial charge in [-0.2, -0.15) is 4.31 Å². The number of benzene rings is 1. The lowest BCUT2D eigenvalue weighted by atomic mass is 10.1. The molecule has 0 spiro atoms. The summed E-state index contributed by atoms with van der Waals surface area (Å²) < 4.78 is 37.3. The first-order valence-corrected chi connectivity index (χ1v) is 10.5. The number of para-hydroxylation sites is 1. The van der Waals surface area contributed by atoms with Gasteiger partial charge in [-0.25, -0.2) is 8.42 Å². The lowest BCUT2D eigenvalue weighted by Crippen LogP contribution is -2.49. The fraction of sp³-hybridized carbons (Fsp3) is 0.611. The molecule has 1 saturated heterocycles. The van der Waals surface area contributed by atoms with Gasteiger partial charge in [-0.15, -0.1) is 0 Å². The van der Waals surface area contributed by atoms with Crippen molar-refractivity contribution in [1.82, 2.24) is 9.62 Å². The highest BCUT2D eigenvalue weighted by Gasteiger charge is 2.30. The van der Waals surface area contributed by atoms with Crippen LogP contribution in [-0.2, 0) is 26.0 Å². The van der Waals surface area contributed by atoms with E-state index in [0.29, 0.717) is 18.8 Å². The minimum absolute atomic E-state index is 0.0556. The molecule has 146 valence electrons. The molecule has 1 N–H and O–H groups in total. The maximum absolute atomic E-state index is 12.4. The first kappa shape index (κ1) is 20.7. The molecule has 2 atom stereocenters. The highest BCUT2D eigenvalue weighted by molar-refractivity contribution is 7.89. The number of nitrogens with zero attached hydrogens (tertiary/aromatic N) is 1. The number of hydrogen-bond acceptors (Lipinski definition) is 5. The molecule has 1 aliphatic heterocycles. The Hall–Kier alpha value is -1.64. The molecule has 1 aromatic carbocycles. The van der Waals surface area contributed by atoms with Gasteiger partial charge in [-0.3, -0.25) is 4.79 Å². The normalized spacial score (nSPS) is 21.3. The van der Waals surface area contributed by atoms with Gasteiger partial charge < -0.3 is 14.8 Å². The Morgan fingerprint density at radius 3 is 2.58 bits per heavy atom. The van der Waals surface area contributed by atoms with Crippen LogP contribution in [-0.4, -0.2) is 62.8 Å². The van der Waals surface area contributed by atoms with Crippen LogP contribution in [0.3, 0.4) is 0 Å². The minimum atomic E-state index is -3.42. The van der Waals surface area contributed by atoms with E-state index in [4.69, 9.17) is 9.47 Å². The highest BCUT2D eigenvalue weighted by atomic mass is 32.2. The Balaban J connectivity index is 1.77. The average Bonchev–Trinajstić information content (AvgIpc) is 2.59. The van der Waals surface area contributed by atoms with Crippen molar-refractivity contribution in [2.24, 2.45) is 0 Å². The highest BCUT2D eigenvalue weighted by Crippen LogP contribution is 2.18. The summed E-state index contributed by atoms with van der Waals surface area (Å²) in [5, 5.41) is 2.61. The molecular formula is C18H28N2O5S. The van der Waals surface area contributed by atoms with Crippen molar-refractivity contribution in [3.05, 3.63) is 29.8 Å². The Bertz CT molecular complexity index is 697. The molecule has 1 aliphatic rings. The molecule has 0 radical (unpaired) electrons. The van der Waals surface area contributed by atoms with E-state index in [1.165, 1.54) is 4.31 Å². The number of nitrogens with one attached hydrogen (secondary N) is 1. The van der Waals surface area contributed by atoms with E-state index < -0.39 is 10.0 Å². The quantitative estimate of drug-likeness (QED) is 0.728. The predicted molar refractivity (Wildman–Crippen MR) is 99.7 cm³/mol. The largest absolute Gasteiger partial charge is 0.483 e. The van der Waals surface area contributed by atoms with E-state index in [9.17, 15) is 13.2 Å². The third-order valence-corrected chi connectivity index (χ3v) is 5.98. The molecular weight excluding hydrogens is 356 g/mol. The summed E-state index contributed by atoms with van der Waals surface area (Å²) in [7, 11) is -3.42. The van der Waals surface area contributed by atoms with Crippen LogP contribution in [0.15, 0.2) is 24.3 Å². The van der Waals surface area contributed by atoms with E-state index in [1.807, 2.05) is 45.0 Å². The van der Waals surface area contributed by atoms with Crippen molar-refractivity contribution in [3.63, 3.8) is 0 Å². The first-order chi connectivity index (χ1) is 12.3. The molecule has 1 aromatic rings. The van der Waals surface area contributed by atoms with Crippen LogP contribution in [0, 0.1) is 0 Å². The second kappa shape index (κ2) is 9.34. The zero-order valence-corrected chi connectivity index (χ0v) is 16.4. The predicted octanol–water partition coefficient (Wildman–Crippen LogP) is 1.18. The van der Waals surface area contributed by atoms with Gasteiger partial charge in [0.25, 0.3) is 5.91 Å². The summed E-state index contributed by atoms with van der Waals surface area (Å²) in [6.45, 7) is 6.33. The number of rotatable bonds is 8. The van der Waals surface area contributed by atoms with E-state index in [2.05, 4.69) is 5.32 Å². The first-order valence-electron chi connectivity index (χ1n) is 8.92. The minimum Gasteiger partial charge on any atom is -0.483 e. The second-order valence-electron chi connectivity index (χ2n) is 6.49. The lowest BCUT2D eigenvalue weighted by Gasteiger charge is -2.34. The molecule has 26 heavy (non-hydrogen) atoms. The fourth-order valence-electron chi connectivity index (χ4n) is 2.94. The number of carbonyl (C=O) groups is 1. The molecule has 1 fully saturated rings. The molecule has 1 amide bonds. The molecule has 0 saturated carbocycles. The number of hydrogen-bond donors (Lipinski definition) is 1. The van der Waals surface area contributed by atoms with Gasteiger partial charge in [0, 0.05) is 19.6 Å². The average molecular weight is 384 g/mol. The topological polar surface area (TPSA) is 84.9 Å². The van der Waals surface area contributed by atoms with Crippen molar-refractivity contribution in [2.45, 2.75) is 39.4 Å². The third kappa shape index (κ3) is 5.96. The third-order valence-electron chi connectivity index (χ3n) is 4.17. The molecule has 1 heterocycles. The molecule has 7 nitrogen and oxygen atoms in total. The molecule has 2 unspecified atom stereocenters. The summed E-state index contributed by atoms with van der Waals surface area (Å²) >= 11 is 0. The van der Waals surface area contributed by atoms with Crippen LogP contribution in [0.25, 0.3) is 0 Å². The summed E-state index contributed by atoms with van der Waals surface area (Å²) in [5.41, 5.74) is 1.03. The lowest BCUT2D eigenvalue weighted by molar-refractivity contribution is -0.122. The van der Waals surface area contributed by atoms with Crippen molar-refractivity contribution in [3.8, 4) is 5.75 Å². The standard InChI is InChI=1S/C18H28N2O5S/c1-4-16-7-5-6-8-17(16)24-13-18(21)19-9-10-26(22,23)20-11-14(2)25-15(3)12-20/h5-8,14-15H,4,9-13H2,1-3H3,(H,19,21). The molecule has 0 aromatic heterocycles. The summed E-state index contributed by atoms with van der Waals surface area (Å²) in [6.07, 6.45) is 0.553. The molecule has 0 bridgehead atoms.